The van der Waals surface area contributed by atoms with Crippen LogP contribution in [0.4, 0.5) is 0 Å². The van der Waals surface area contributed by atoms with Gasteiger partial charge >= 0.3 is 11.9 Å². The van der Waals surface area contributed by atoms with Gasteiger partial charge in [-0.3, -0.25) is 4.79 Å². The zero-order valence-electron chi connectivity index (χ0n) is 8.91. The van der Waals surface area contributed by atoms with Crippen molar-refractivity contribution in [2.75, 3.05) is 7.11 Å². The molecule has 6 nitrogen and oxygen atoms in total. The number of phenols is 1. The number of carboxylic acid groups (broad SMARTS) is 1. The molecule has 0 aliphatic carbocycles. The van der Waals surface area contributed by atoms with Crippen molar-refractivity contribution in [3.8, 4) is 5.75 Å². The van der Waals surface area contributed by atoms with E-state index in [1.165, 1.54) is 19.2 Å². The average Bonchev–Trinajstić information content (AvgIpc) is 2.27. The second kappa shape index (κ2) is 6.07. The van der Waals surface area contributed by atoms with Crippen molar-refractivity contribution in [3.05, 3.63) is 29.3 Å². The van der Waals surface area contributed by atoms with Gasteiger partial charge in [0.25, 0.3) is 0 Å². The summed E-state index contributed by atoms with van der Waals surface area (Å²) in [7, 11) is 1.18. The standard InChI is InChI=1S/C10H11NO5.ClH/c1-16-10(15)8(11)5-2-3-7(12)6(4-5)9(13)14;/h2-4,8,12H,11H2,1H3,(H,13,14);1H/t8-;/m0./s1. The van der Waals surface area contributed by atoms with Crippen molar-refractivity contribution in [1.29, 1.82) is 0 Å². The highest BCUT2D eigenvalue weighted by Gasteiger charge is 2.19. The molecule has 94 valence electrons. The number of aromatic carboxylic acids is 1. The van der Waals surface area contributed by atoms with E-state index in [9.17, 15) is 14.7 Å². The Bertz CT molecular complexity index is 435. The Balaban J connectivity index is 0.00000256. The van der Waals surface area contributed by atoms with Gasteiger partial charge in [-0.2, -0.15) is 0 Å². The van der Waals surface area contributed by atoms with E-state index in [2.05, 4.69) is 4.74 Å². The summed E-state index contributed by atoms with van der Waals surface area (Å²) < 4.78 is 4.42. The summed E-state index contributed by atoms with van der Waals surface area (Å²) in [5, 5.41) is 18.0. The van der Waals surface area contributed by atoms with Crippen LogP contribution in [-0.2, 0) is 9.53 Å². The largest absolute Gasteiger partial charge is 0.507 e. The number of aromatic hydroxyl groups is 1. The van der Waals surface area contributed by atoms with E-state index in [0.717, 1.165) is 6.07 Å². The number of halogens is 1. The molecule has 0 amide bonds. The number of rotatable bonds is 3. The zero-order valence-corrected chi connectivity index (χ0v) is 9.73. The summed E-state index contributed by atoms with van der Waals surface area (Å²) in [6.07, 6.45) is 0. The van der Waals surface area contributed by atoms with Gasteiger partial charge in [0.15, 0.2) is 0 Å². The normalized spacial score (nSPS) is 11.2. The average molecular weight is 262 g/mol. The van der Waals surface area contributed by atoms with Crippen molar-refractivity contribution < 1.29 is 24.5 Å². The number of ether oxygens (including phenoxy) is 1. The highest BCUT2D eigenvalue weighted by atomic mass is 35.5. The van der Waals surface area contributed by atoms with Gasteiger partial charge in [0.1, 0.15) is 17.4 Å². The molecular formula is C10H12ClNO5. The predicted octanol–water partition coefficient (Wildman–Crippen LogP) is 0.685. The molecule has 7 heteroatoms. The fourth-order valence-electron chi connectivity index (χ4n) is 1.18. The van der Waals surface area contributed by atoms with E-state index in [1.54, 1.807) is 0 Å². The molecule has 1 aromatic rings. The highest BCUT2D eigenvalue weighted by molar-refractivity contribution is 5.91. The van der Waals surface area contributed by atoms with E-state index in [0.29, 0.717) is 0 Å². The third-order valence-electron chi connectivity index (χ3n) is 2.07. The van der Waals surface area contributed by atoms with Gasteiger partial charge < -0.3 is 20.7 Å². The third kappa shape index (κ3) is 3.33. The van der Waals surface area contributed by atoms with Crippen LogP contribution in [-0.4, -0.2) is 29.3 Å². The smallest absolute Gasteiger partial charge is 0.339 e. The maximum Gasteiger partial charge on any atom is 0.339 e. The van der Waals surface area contributed by atoms with Gasteiger partial charge in [0.05, 0.1) is 7.11 Å². The van der Waals surface area contributed by atoms with Crippen molar-refractivity contribution in [2.45, 2.75) is 6.04 Å². The van der Waals surface area contributed by atoms with Crippen LogP contribution in [0.3, 0.4) is 0 Å². The molecule has 0 heterocycles. The second-order valence-corrected chi connectivity index (χ2v) is 3.08. The first-order valence-electron chi connectivity index (χ1n) is 4.37. The number of methoxy groups -OCH3 is 1. The minimum atomic E-state index is -1.29. The lowest BCUT2D eigenvalue weighted by Crippen LogP contribution is -2.22. The van der Waals surface area contributed by atoms with Gasteiger partial charge in [-0.15, -0.1) is 12.4 Å². The van der Waals surface area contributed by atoms with Gasteiger partial charge in [-0.05, 0) is 17.7 Å². The first kappa shape index (κ1) is 15.2. The van der Waals surface area contributed by atoms with Crippen LogP contribution < -0.4 is 5.73 Å². The highest BCUT2D eigenvalue weighted by Crippen LogP contribution is 2.22. The number of hydrogen-bond donors (Lipinski definition) is 3. The van der Waals surface area contributed by atoms with Crippen molar-refractivity contribution in [1.82, 2.24) is 0 Å². The van der Waals surface area contributed by atoms with Crippen LogP contribution >= 0.6 is 12.4 Å². The molecule has 0 aliphatic rings. The maximum absolute atomic E-state index is 11.1. The molecule has 0 aromatic heterocycles. The summed E-state index contributed by atoms with van der Waals surface area (Å²) in [5.41, 5.74) is 5.48. The Morgan fingerprint density at radius 3 is 2.47 bits per heavy atom. The van der Waals surface area contributed by atoms with E-state index in [-0.39, 0.29) is 29.3 Å². The van der Waals surface area contributed by atoms with Crippen LogP contribution in [0.15, 0.2) is 18.2 Å². The van der Waals surface area contributed by atoms with Gasteiger partial charge in [0, 0.05) is 0 Å². The van der Waals surface area contributed by atoms with Crippen LogP contribution in [0.5, 0.6) is 5.75 Å². The number of nitrogens with two attached hydrogens (primary N) is 1. The summed E-state index contributed by atoms with van der Waals surface area (Å²) in [6.45, 7) is 0. The lowest BCUT2D eigenvalue weighted by Gasteiger charge is -2.10. The first-order valence-corrected chi connectivity index (χ1v) is 4.37. The molecule has 17 heavy (non-hydrogen) atoms. The lowest BCUT2D eigenvalue weighted by molar-refractivity contribution is -0.142. The van der Waals surface area contributed by atoms with Gasteiger partial charge in [-0.25, -0.2) is 4.79 Å². The van der Waals surface area contributed by atoms with Crippen LogP contribution in [0.1, 0.15) is 22.0 Å². The molecule has 0 spiro atoms. The van der Waals surface area contributed by atoms with E-state index in [4.69, 9.17) is 10.8 Å². The number of carbonyl (C=O) groups excluding carboxylic acids is 1. The van der Waals surface area contributed by atoms with Gasteiger partial charge in [0.2, 0.25) is 0 Å². The number of hydrogen-bond acceptors (Lipinski definition) is 5. The van der Waals surface area contributed by atoms with E-state index < -0.39 is 18.0 Å². The molecule has 0 saturated carbocycles. The summed E-state index contributed by atoms with van der Waals surface area (Å²) in [5.74, 6) is -2.35. The van der Waals surface area contributed by atoms with Gasteiger partial charge in [-0.1, -0.05) is 6.07 Å². The SMILES string of the molecule is COC(=O)[C@@H](N)c1ccc(O)c(C(=O)O)c1.Cl. The van der Waals surface area contributed by atoms with Crippen LogP contribution in [0.25, 0.3) is 0 Å². The Morgan fingerprint density at radius 1 is 1.41 bits per heavy atom. The predicted molar refractivity (Wildman–Crippen MR) is 61.3 cm³/mol. The molecule has 0 fully saturated rings. The zero-order chi connectivity index (χ0) is 12.3. The van der Waals surface area contributed by atoms with E-state index >= 15 is 0 Å². The number of esters is 1. The Morgan fingerprint density at radius 2 is 2.00 bits per heavy atom. The molecule has 1 aromatic carbocycles. The number of carbonyl (C=O) groups is 2. The van der Waals surface area contributed by atoms with E-state index in [1.807, 2.05) is 0 Å². The third-order valence-corrected chi connectivity index (χ3v) is 2.07. The monoisotopic (exact) mass is 261 g/mol. The maximum atomic E-state index is 11.1. The molecule has 0 saturated heterocycles. The minimum absolute atomic E-state index is 0. The fourth-order valence-corrected chi connectivity index (χ4v) is 1.18. The van der Waals surface area contributed by atoms with Crippen molar-refractivity contribution in [3.63, 3.8) is 0 Å². The Labute approximate surface area is 103 Å². The molecule has 0 radical (unpaired) electrons. The molecule has 1 rings (SSSR count). The number of benzene rings is 1. The second-order valence-electron chi connectivity index (χ2n) is 3.08. The summed E-state index contributed by atoms with van der Waals surface area (Å²) in [4.78, 5) is 21.8. The Kier molecular flexibility index (Phi) is 5.43. The van der Waals surface area contributed by atoms with Crippen LogP contribution in [0, 0.1) is 0 Å². The topological polar surface area (TPSA) is 110 Å². The molecule has 1 atom stereocenters. The number of carboxylic acids is 1. The summed E-state index contributed by atoms with van der Waals surface area (Å²) >= 11 is 0. The van der Waals surface area contributed by atoms with Crippen molar-refractivity contribution in [2.24, 2.45) is 5.73 Å². The van der Waals surface area contributed by atoms with Crippen molar-refractivity contribution >= 4 is 24.3 Å². The molecule has 0 bridgehead atoms. The lowest BCUT2D eigenvalue weighted by atomic mass is 10.0. The molecule has 0 aliphatic heterocycles. The summed E-state index contributed by atoms with van der Waals surface area (Å²) in [6, 6.07) is 2.60. The van der Waals surface area contributed by atoms with Crippen LogP contribution in [0.2, 0.25) is 0 Å². The molecule has 0 unspecified atom stereocenters. The minimum Gasteiger partial charge on any atom is -0.507 e. The molecular weight excluding hydrogens is 250 g/mol. The first-order chi connectivity index (χ1) is 7.47. The fraction of sp³-hybridized carbons (Fsp3) is 0.200. The molecule has 4 N–H and O–H groups in total. The Hall–Kier alpha value is -1.79. The quantitative estimate of drug-likeness (QED) is 0.691.